The summed E-state index contributed by atoms with van der Waals surface area (Å²) in [5.74, 6) is 0. The Morgan fingerprint density at radius 1 is 1.72 bits per heavy atom. The van der Waals surface area contributed by atoms with Crippen LogP contribution >= 0.6 is 8.38 Å². The zero-order valence-electron chi connectivity index (χ0n) is 11.3. The van der Waals surface area contributed by atoms with Gasteiger partial charge in [-0.3, -0.25) is 6.42 Å². The zero-order chi connectivity index (χ0) is 13.0. The summed E-state index contributed by atoms with van der Waals surface area (Å²) in [6, 6.07) is 2.02. The first kappa shape index (κ1) is 15.2. The second-order valence-electron chi connectivity index (χ2n) is 4.09. The fourth-order valence-electron chi connectivity index (χ4n) is 1.90. The largest absolute Gasteiger partial charge is 0.404 e. The summed E-state index contributed by atoms with van der Waals surface area (Å²) < 4.78 is 30.2. The van der Waals surface area contributed by atoms with Crippen molar-refractivity contribution in [2.24, 2.45) is 0 Å². The molecule has 7 heteroatoms. The molecule has 0 N–H and O–H groups in total. The van der Waals surface area contributed by atoms with Crippen LogP contribution in [-0.2, 0) is 18.5 Å². The Balaban J connectivity index is 0.00000180. The zero-order valence-corrected chi connectivity index (χ0v) is 15.4. The van der Waals surface area contributed by atoms with Gasteiger partial charge in [-0.25, -0.2) is 0 Å². The van der Waals surface area contributed by atoms with Crippen LogP contribution in [0, 0.1) is 48.9 Å². The average Bonchev–Trinajstić information content (AvgIpc) is 2.59. The molecule has 0 aromatic heterocycles. The van der Waals surface area contributed by atoms with Gasteiger partial charge < -0.3 is 18.5 Å². The first-order valence-corrected chi connectivity index (χ1v) is 7.13. The van der Waals surface area contributed by atoms with Gasteiger partial charge >= 0.3 is 0 Å². The van der Waals surface area contributed by atoms with Gasteiger partial charge in [0.05, 0.1) is 31.8 Å². The molecule has 2 aliphatic rings. The van der Waals surface area contributed by atoms with Crippen LogP contribution in [-0.4, -0.2) is 44.3 Å². The van der Waals surface area contributed by atoms with Gasteiger partial charge in [-0.2, -0.15) is 5.26 Å². The maximum absolute atomic E-state index is 8.44. The molecule has 5 nitrogen and oxygen atoms in total. The molecule has 2 heterocycles. The molecule has 0 amide bonds. The van der Waals surface area contributed by atoms with Crippen molar-refractivity contribution in [2.75, 3.05) is 26.5 Å². The van der Waals surface area contributed by atoms with E-state index in [1.807, 2.05) is 19.2 Å². The molecule has 2 aliphatic heterocycles. The van der Waals surface area contributed by atoms with Crippen molar-refractivity contribution in [3.05, 3.63) is 6.42 Å². The predicted octanol–water partition coefficient (Wildman–Crippen LogP) is 1.64. The number of hydrogen-bond acceptors (Lipinski definition) is 5. The second-order valence-corrected chi connectivity index (χ2v) is 5.44. The van der Waals surface area contributed by atoms with Crippen molar-refractivity contribution >= 4 is 8.38 Å². The van der Waals surface area contributed by atoms with E-state index < -0.39 is 14.0 Å². The molecular formula is C11H17NO4PU-. The van der Waals surface area contributed by atoms with Crippen LogP contribution in [0.4, 0.5) is 0 Å². The van der Waals surface area contributed by atoms with Crippen LogP contribution in [0.2, 0.25) is 0 Å². The molecule has 2 fully saturated rings. The molecular weight excluding hydrogens is 479 g/mol. The normalized spacial score (nSPS) is 36.3. The van der Waals surface area contributed by atoms with Crippen molar-refractivity contribution < 1.29 is 51.0 Å². The van der Waals surface area contributed by atoms with E-state index in [0.717, 1.165) is 0 Å². The van der Waals surface area contributed by atoms with E-state index in [2.05, 4.69) is 0 Å². The van der Waals surface area contributed by atoms with Crippen LogP contribution < -0.4 is 0 Å². The van der Waals surface area contributed by atoms with Crippen LogP contribution in [0.25, 0.3) is 0 Å². The first-order chi connectivity index (χ1) is 8.72. The van der Waals surface area contributed by atoms with Crippen LogP contribution in [0.1, 0.15) is 14.7 Å². The third-order valence-corrected chi connectivity index (χ3v) is 3.86. The number of ether oxygens (including phenoxy) is 2. The minimum atomic E-state index is -1.08. The van der Waals surface area contributed by atoms with Gasteiger partial charge in [0.15, 0.2) is 8.38 Å². The van der Waals surface area contributed by atoms with Crippen molar-refractivity contribution in [1.29, 1.82) is 5.26 Å². The topological polar surface area (TPSA) is 60.7 Å². The van der Waals surface area contributed by atoms with Crippen molar-refractivity contribution in [3.63, 3.8) is 0 Å². The van der Waals surface area contributed by atoms with E-state index in [9.17, 15) is 0 Å². The number of hydrogen-bond donors (Lipinski definition) is 0. The first-order valence-electron chi connectivity index (χ1n) is 6.21. The molecule has 0 aliphatic carbocycles. The maximum Gasteiger partial charge on any atom is 0.167 e. The minimum absolute atomic E-state index is 0. The van der Waals surface area contributed by atoms with Crippen LogP contribution in [0.15, 0.2) is 0 Å². The fourth-order valence-corrected chi connectivity index (χ4v) is 2.94. The van der Waals surface area contributed by atoms with Crippen LogP contribution in [0.5, 0.6) is 0 Å². The predicted molar refractivity (Wildman–Crippen MR) is 62.3 cm³/mol. The molecule has 4 atom stereocenters. The van der Waals surface area contributed by atoms with E-state index in [-0.39, 0.29) is 50.2 Å². The molecule has 0 radical (unpaired) electrons. The number of nitriles is 1. The SMILES string of the molecule is [2H]CC12COC([CH-]CO1)C2OP(C)OCCC#N.[U]. The average molecular weight is 497 g/mol. The van der Waals surface area contributed by atoms with Gasteiger partial charge in [-0.1, -0.05) is 6.61 Å². The minimum Gasteiger partial charge on any atom is -0.404 e. The maximum atomic E-state index is 8.44. The summed E-state index contributed by atoms with van der Waals surface area (Å²) >= 11 is 0. The van der Waals surface area contributed by atoms with Gasteiger partial charge in [0.1, 0.15) is 5.60 Å². The number of fused-ring (bicyclic) bond motifs is 2. The van der Waals surface area contributed by atoms with Gasteiger partial charge in [0, 0.05) is 39.1 Å². The van der Waals surface area contributed by atoms with E-state index in [1.165, 1.54) is 0 Å². The van der Waals surface area contributed by atoms with E-state index in [1.54, 1.807) is 0 Å². The summed E-state index contributed by atoms with van der Waals surface area (Å²) in [4.78, 5) is 0. The summed E-state index contributed by atoms with van der Waals surface area (Å²) in [6.45, 7) is 3.22. The van der Waals surface area contributed by atoms with Gasteiger partial charge in [0.25, 0.3) is 0 Å². The number of nitrogens with zero attached hydrogens (tertiary/aromatic N) is 1. The van der Waals surface area contributed by atoms with Crippen molar-refractivity contribution in [1.82, 2.24) is 0 Å². The Bertz CT molecular complexity index is 328. The third-order valence-electron chi connectivity index (χ3n) is 2.79. The Hall–Kier alpha value is 0.812. The molecule has 4 unspecified atom stereocenters. The molecule has 0 saturated carbocycles. The van der Waals surface area contributed by atoms with Crippen molar-refractivity contribution in [3.8, 4) is 6.07 Å². The third kappa shape index (κ3) is 3.90. The molecule has 0 aromatic carbocycles. The Morgan fingerprint density at radius 2 is 2.56 bits per heavy atom. The fraction of sp³-hybridized carbons (Fsp3) is 0.818. The molecule has 2 saturated heterocycles. The monoisotopic (exact) mass is 497 g/mol. The van der Waals surface area contributed by atoms with E-state index in [0.29, 0.717) is 26.2 Å². The smallest absolute Gasteiger partial charge is 0.167 e. The van der Waals surface area contributed by atoms with E-state index >= 15 is 0 Å². The second kappa shape index (κ2) is 7.56. The molecule has 0 spiro atoms. The Kier molecular flexibility index (Phi) is 6.38. The van der Waals surface area contributed by atoms with Crippen molar-refractivity contribution in [2.45, 2.75) is 31.1 Å². The summed E-state index contributed by atoms with van der Waals surface area (Å²) in [6.07, 6.45) is 1.88. The molecule has 18 heavy (non-hydrogen) atoms. The van der Waals surface area contributed by atoms with Crippen LogP contribution in [0.3, 0.4) is 0 Å². The summed E-state index contributed by atoms with van der Waals surface area (Å²) in [5.41, 5.74) is -0.658. The Labute approximate surface area is 134 Å². The van der Waals surface area contributed by atoms with Gasteiger partial charge in [0.2, 0.25) is 0 Å². The summed E-state index contributed by atoms with van der Waals surface area (Å²) in [7, 11) is -1.08. The van der Waals surface area contributed by atoms with Gasteiger partial charge in [-0.15, -0.1) is 0 Å². The van der Waals surface area contributed by atoms with Gasteiger partial charge in [-0.05, 0) is 13.0 Å². The molecule has 2 bridgehead atoms. The van der Waals surface area contributed by atoms with E-state index in [4.69, 9.17) is 25.2 Å². The quantitative estimate of drug-likeness (QED) is 0.329. The summed E-state index contributed by atoms with van der Waals surface area (Å²) in [5, 5.41) is 8.44. The molecule has 2 rings (SSSR count). The molecule has 0 aromatic rings. The Morgan fingerprint density at radius 3 is 3.28 bits per heavy atom. The number of rotatable bonds is 5. The molecule has 100 valence electrons. The standard InChI is InChI=1S/C11H17NO4P.U/c1-11-8-13-9(4-7-14-11)10(11)16-17(2)15-6-3-5-12;/h4,9-10H,3,6-8H2,1-2H3;/q-1;/i1D;.